The van der Waals surface area contributed by atoms with Crippen molar-refractivity contribution in [2.45, 2.75) is 6.92 Å². The van der Waals surface area contributed by atoms with Crippen molar-refractivity contribution in [2.75, 3.05) is 7.11 Å². The number of para-hydroxylation sites is 1. The molecule has 5 heteroatoms. The minimum atomic E-state index is -0.0920. The first-order valence-corrected chi connectivity index (χ1v) is 10.6. The Hall–Kier alpha value is -3.44. The van der Waals surface area contributed by atoms with E-state index in [0.29, 0.717) is 11.3 Å². The second-order valence-electron chi connectivity index (χ2n) is 7.13. The zero-order chi connectivity index (χ0) is 21.8. The van der Waals surface area contributed by atoms with Gasteiger partial charge in [0.2, 0.25) is 0 Å². The summed E-state index contributed by atoms with van der Waals surface area (Å²) in [6, 6.07) is 23.4. The van der Waals surface area contributed by atoms with Crippen molar-refractivity contribution >= 4 is 27.8 Å². The molecule has 0 atom stereocenters. The van der Waals surface area contributed by atoms with E-state index in [2.05, 4.69) is 35.0 Å². The first kappa shape index (κ1) is 20.8. The second kappa shape index (κ2) is 9.14. The van der Waals surface area contributed by atoms with Crippen LogP contribution in [0.5, 0.6) is 5.75 Å². The number of nitrogens with zero attached hydrogens (tertiary/aromatic N) is 2. The third-order valence-corrected chi connectivity index (χ3v) is 5.56. The molecule has 3 aromatic carbocycles. The smallest absolute Gasteiger partial charge is 0.185 e. The van der Waals surface area contributed by atoms with Gasteiger partial charge in [-0.15, -0.1) is 0 Å². The lowest BCUT2D eigenvalue weighted by Gasteiger charge is -2.04. The Labute approximate surface area is 189 Å². The van der Waals surface area contributed by atoms with Crippen LogP contribution in [-0.4, -0.2) is 22.7 Å². The molecule has 0 aliphatic heterocycles. The summed E-state index contributed by atoms with van der Waals surface area (Å²) in [5.41, 5.74) is 5.41. The number of aromatic nitrogens is 2. The maximum absolute atomic E-state index is 12.8. The van der Waals surface area contributed by atoms with Crippen LogP contribution in [0.3, 0.4) is 0 Å². The van der Waals surface area contributed by atoms with E-state index in [-0.39, 0.29) is 5.78 Å². The van der Waals surface area contributed by atoms with Gasteiger partial charge in [-0.25, -0.2) is 4.68 Å². The van der Waals surface area contributed by atoms with Crippen LogP contribution in [0.25, 0.3) is 23.0 Å². The topological polar surface area (TPSA) is 44.1 Å². The number of ether oxygens (including phenoxy) is 1. The average molecular weight is 473 g/mol. The van der Waals surface area contributed by atoms with E-state index in [9.17, 15) is 4.79 Å². The van der Waals surface area contributed by atoms with Crippen molar-refractivity contribution in [3.05, 3.63) is 106 Å². The van der Waals surface area contributed by atoms with Gasteiger partial charge in [-0.1, -0.05) is 48.0 Å². The third-order valence-electron chi connectivity index (χ3n) is 4.94. The Morgan fingerprint density at radius 3 is 2.45 bits per heavy atom. The van der Waals surface area contributed by atoms with E-state index >= 15 is 0 Å². The Morgan fingerprint density at radius 1 is 1.03 bits per heavy atom. The number of ketones is 1. The van der Waals surface area contributed by atoms with Crippen molar-refractivity contribution in [1.29, 1.82) is 0 Å². The van der Waals surface area contributed by atoms with E-state index in [1.165, 1.54) is 5.56 Å². The predicted octanol–water partition coefficient (Wildman–Crippen LogP) is 6.51. The number of hydrogen-bond acceptors (Lipinski definition) is 3. The molecule has 0 fully saturated rings. The van der Waals surface area contributed by atoms with Gasteiger partial charge in [0.1, 0.15) is 5.75 Å². The molecule has 4 nitrogen and oxygen atoms in total. The van der Waals surface area contributed by atoms with Crippen LogP contribution in [0.2, 0.25) is 0 Å². The van der Waals surface area contributed by atoms with Gasteiger partial charge in [-0.3, -0.25) is 4.79 Å². The van der Waals surface area contributed by atoms with Crippen molar-refractivity contribution < 1.29 is 9.53 Å². The summed E-state index contributed by atoms with van der Waals surface area (Å²) < 4.78 is 7.82. The van der Waals surface area contributed by atoms with Crippen molar-refractivity contribution in [3.8, 4) is 22.7 Å². The van der Waals surface area contributed by atoms with E-state index in [1.54, 1.807) is 31.4 Å². The SMILES string of the molecule is COc1ccc(C(=O)/C=C/c2cn(-c3ccccc3)nc2-c2ccc(C)cc2)cc1Br. The molecule has 154 valence electrons. The number of carbonyl (C=O) groups is 1. The zero-order valence-corrected chi connectivity index (χ0v) is 18.8. The lowest BCUT2D eigenvalue weighted by molar-refractivity contribution is 0.104. The van der Waals surface area contributed by atoms with E-state index in [0.717, 1.165) is 27.0 Å². The minimum absolute atomic E-state index is 0.0920. The number of allylic oxidation sites excluding steroid dienone is 1. The van der Waals surface area contributed by atoms with Crippen molar-refractivity contribution in [2.24, 2.45) is 0 Å². The number of methoxy groups -OCH3 is 1. The van der Waals surface area contributed by atoms with E-state index in [1.807, 2.05) is 59.4 Å². The van der Waals surface area contributed by atoms with Gasteiger partial charge in [-0.2, -0.15) is 5.10 Å². The largest absolute Gasteiger partial charge is 0.496 e. The van der Waals surface area contributed by atoms with Gasteiger partial charge < -0.3 is 4.74 Å². The molecule has 0 saturated carbocycles. The monoisotopic (exact) mass is 472 g/mol. The van der Waals surface area contributed by atoms with Crippen LogP contribution in [0.1, 0.15) is 21.5 Å². The summed E-state index contributed by atoms with van der Waals surface area (Å²) in [4.78, 5) is 12.8. The fraction of sp³-hybridized carbons (Fsp3) is 0.0769. The van der Waals surface area contributed by atoms with Crippen molar-refractivity contribution in [3.63, 3.8) is 0 Å². The first-order valence-electron chi connectivity index (χ1n) is 9.83. The molecule has 31 heavy (non-hydrogen) atoms. The normalized spacial score (nSPS) is 11.1. The molecule has 0 unspecified atom stereocenters. The summed E-state index contributed by atoms with van der Waals surface area (Å²) in [6.45, 7) is 2.05. The zero-order valence-electron chi connectivity index (χ0n) is 17.2. The summed E-state index contributed by atoms with van der Waals surface area (Å²) in [6.07, 6.45) is 5.35. The fourth-order valence-electron chi connectivity index (χ4n) is 3.24. The van der Waals surface area contributed by atoms with Crippen LogP contribution < -0.4 is 4.74 Å². The van der Waals surface area contributed by atoms with Gasteiger partial charge in [0.05, 0.1) is 23.0 Å². The standard InChI is InChI=1S/C26H21BrN2O2/c1-18-8-10-19(11-9-18)26-21(17-29(28-26)22-6-4-3-5-7-22)12-14-24(30)20-13-15-25(31-2)23(27)16-20/h3-17H,1-2H3/b14-12+. The third kappa shape index (κ3) is 4.67. The average Bonchev–Trinajstić information content (AvgIpc) is 3.23. The Bertz CT molecular complexity index is 1240. The summed E-state index contributed by atoms with van der Waals surface area (Å²) in [7, 11) is 1.60. The highest BCUT2D eigenvalue weighted by Crippen LogP contribution is 2.27. The summed E-state index contributed by atoms with van der Waals surface area (Å²) in [5, 5.41) is 4.80. The van der Waals surface area contributed by atoms with Crippen LogP contribution in [-0.2, 0) is 0 Å². The van der Waals surface area contributed by atoms with Crippen molar-refractivity contribution in [1.82, 2.24) is 9.78 Å². The number of benzene rings is 3. The molecule has 0 aliphatic carbocycles. The van der Waals surface area contributed by atoms with Crippen LogP contribution >= 0.6 is 15.9 Å². The maximum atomic E-state index is 12.8. The Kier molecular flexibility index (Phi) is 6.14. The van der Waals surface area contributed by atoms with Gasteiger partial charge in [0, 0.05) is 22.9 Å². The van der Waals surface area contributed by atoms with Crippen LogP contribution in [0.4, 0.5) is 0 Å². The molecule has 0 N–H and O–H groups in total. The Balaban J connectivity index is 1.70. The quantitative estimate of drug-likeness (QED) is 0.237. The Morgan fingerprint density at radius 2 is 1.77 bits per heavy atom. The second-order valence-corrected chi connectivity index (χ2v) is 7.98. The number of carbonyl (C=O) groups excluding carboxylic acids is 1. The minimum Gasteiger partial charge on any atom is -0.496 e. The molecule has 0 amide bonds. The van der Waals surface area contributed by atoms with E-state index < -0.39 is 0 Å². The molecular formula is C26H21BrN2O2. The van der Waals surface area contributed by atoms with Crippen LogP contribution in [0.15, 0.2) is 89.5 Å². The predicted molar refractivity (Wildman–Crippen MR) is 128 cm³/mol. The molecule has 0 radical (unpaired) electrons. The van der Waals surface area contributed by atoms with E-state index in [4.69, 9.17) is 9.84 Å². The molecule has 4 aromatic rings. The van der Waals surface area contributed by atoms with Gasteiger partial charge in [0.25, 0.3) is 0 Å². The molecule has 4 rings (SSSR count). The summed E-state index contributed by atoms with van der Waals surface area (Å²) in [5.74, 6) is 0.594. The lowest BCUT2D eigenvalue weighted by Crippen LogP contribution is -1.95. The molecular weight excluding hydrogens is 452 g/mol. The molecule has 0 aliphatic rings. The first-order chi connectivity index (χ1) is 15.0. The summed E-state index contributed by atoms with van der Waals surface area (Å²) >= 11 is 3.43. The highest BCUT2D eigenvalue weighted by molar-refractivity contribution is 9.10. The number of halogens is 1. The number of hydrogen-bond donors (Lipinski definition) is 0. The van der Waals surface area contributed by atoms with Gasteiger partial charge in [0.15, 0.2) is 5.78 Å². The molecule has 0 spiro atoms. The molecule has 0 saturated heterocycles. The van der Waals surface area contributed by atoms with Gasteiger partial charge in [-0.05, 0) is 65.3 Å². The highest BCUT2D eigenvalue weighted by atomic mass is 79.9. The number of rotatable bonds is 6. The molecule has 1 heterocycles. The fourth-order valence-corrected chi connectivity index (χ4v) is 3.78. The highest BCUT2D eigenvalue weighted by Gasteiger charge is 2.12. The maximum Gasteiger partial charge on any atom is 0.185 e. The molecule has 1 aromatic heterocycles. The molecule has 0 bridgehead atoms. The lowest BCUT2D eigenvalue weighted by atomic mass is 10.0. The number of aryl methyl sites for hydroxylation is 1. The van der Waals surface area contributed by atoms with Crippen LogP contribution in [0, 0.1) is 6.92 Å². The van der Waals surface area contributed by atoms with Gasteiger partial charge >= 0.3 is 0 Å².